The monoisotopic (exact) mass is 176 g/mol. The van der Waals surface area contributed by atoms with E-state index in [-0.39, 0.29) is 0 Å². The summed E-state index contributed by atoms with van der Waals surface area (Å²) in [6.45, 7) is 0. The second-order valence-electron chi connectivity index (χ2n) is 3.20. The molecule has 0 aromatic carbocycles. The molecule has 2 aromatic heterocycles. The zero-order valence-electron chi connectivity index (χ0n) is 7.70. The first-order chi connectivity index (χ1) is 6.18. The molecular weight excluding hydrogens is 164 g/mol. The third-order valence-electron chi connectivity index (χ3n) is 2.00. The van der Waals surface area contributed by atoms with Crippen molar-refractivity contribution in [2.75, 3.05) is 24.7 Å². The van der Waals surface area contributed by atoms with Crippen molar-refractivity contribution in [3.8, 4) is 0 Å². The average Bonchev–Trinajstić information content (AvgIpc) is 2.47. The third-order valence-corrected chi connectivity index (χ3v) is 2.00. The maximum absolute atomic E-state index is 5.73. The molecule has 13 heavy (non-hydrogen) atoms. The van der Waals surface area contributed by atoms with Crippen LogP contribution in [0, 0.1) is 0 Å². The van der Waals surface area contributed by atoms with Crippen LogP contribution in [0.3, 0.4) is 0 Å². The molecule has 4 heteroatoms. The van der Waals surface area contributed by atoms with Gasteiger partial charge in [0, 0.05) is 20.3 Å². The number of nitrogens with one attached hydrogen (secondary N) is 1. The lowest BCUT2D eigenvalue weighted by molar-refractivity contribution is 1.08. The maximum Gasteiger partial charge on any atom is 0.128 e. The lowest BCUT2D eigenvalue weighted by Gasteiger charge is -2.10. The summed E-state index contributed by atoms with van der Waals surface area (Å²) in [5.41, 5.74) is 8.24. The summed E-state index contributed by atoms with van der Waals surface area (Å²) in [5, 5.41) is 0. The molecular formula is C9H12N4. The predicted octanol–water partition coefficient (Wildman–Crippen LogP) is 1.21. The van der Waals surface area contributed by atoms with Gasteiger partial charge in [0.25, 0.3) is 0 Å². The van der Waals surface area contributed by atoms with Gasteiger partial charge in [-0.05, 0) is 12.1 Å². The van der Waals surface area contributed by atoms with Crippen LogP contribution in [0.2, 0.25) is 0 Å². The van der Waals surface area contributed by atoms with Gasteiger partial charge in [0.2, 0.25) is 0 Å². The van der Waals surface area contributed by atoms with Crippen molar-refractivity contribution < 1.29 is 0 Å². The van der Waals surface area contributed by atoms with Crippen molar-refractivity contribution >= 4 is 22.5 Å². The van der Waals surface area contributed by atoms with Gasteiger partial charge in [0.15, 0.2) is 0 Å². The molecule has 4 nitrogen and oxygen atoms in total. The number of aromatic amines is 1. The van der Waals surface area contributed by atoms with Crippen LogP contribution in [-0.2, 0) is 0 Å². The quantitative estimate of drug-likeness (QED) is 0.686. The molecule has 0 saturated heterocycles. The number of nitrogens with two attached hydrogens (primary N) is 1. The fraction of sp³-hybridized carbons (Fsp3) is 0.222. The molecule has 68 valence electrons. The van der Waals surface area contributed by atoms with E-state index in [1.54, 1.807) is 6.20 Å². The summed E-state index contributed by atoms with van der Waals surface area (Å²) in [5.74, 6) is 0.916. The highest BCUT2D eigenvalue weighted by Gasteiger charge is 2.03. The summed E-state index contributed by atoms with van der Waals surface area (Å²) in [6, 6.07) is 3.94. The predicted molar refractivity (Wildman–Crippen MR) is 54.8 cm³/mol. The van der Waals surface area contributed by atoms with Crippen LogP contribution in [0.5, 0.6) is 0 Å². The molecule has 0 saturated carbocycles. The Morgan fingerprint density at radius 2 is 2.15 bits per heavy atom. The van der Waals surface area contributed by atoms with Crippen molar-refractivity contribution in [1.29, 1.82) is 0 Å². The first kappa shape index (κ1) is 7.91. The number of nitrogen functional groups attached to an aromatic ring is 1. The summed E-state index contributed by atoms with van der Waals surface area (Å²) in [7, 11) is 3.91. The number of H-pyrrole nitrogens is 1. The van der Waals surface area contributed by atoms with Gasteiger partial charge in [-0.25, -0.2) is 4.98 Å². The van der Waals surface area contributed by atoms with Crippen LogP contribution in [0.25, 0.3) is 11.0 Å². The summed E-state index contributed by atoms with van der Waals surface area (Å²) < 4.78 is 0. The molecule has 0 spiro atoms. The van der Waals surface area contributed by atoms with E-state index in [0.717, 1.165) is 16.9 Å². The Hall–Kier alpha value is -1.71. The van der Waals surface area contributed by atoms with E-state index in [1.807, 2.05) is 31.1 Å². The van der Waals surface area contributed by atoms with Crippen LogP contribution < -0.4 is 10.6 Å². The highest BCUT2D eigenvalue weighted by Crippen LogP contribution is 2.20. The number of fused-ring (bicyclic) bond motifs is 1. The molecule has 0 atom stereocenters. The first-order valence-corrected chi connectivity index (χ1v) is 4.09. The molecule has 0 amide bonds. The molecule has 2 heterocycles. The topological polar surface area (TPSA) is 57.9 Å². The SMILES string of the molecule is CN(C)c1ccc2[nH]cc(N)c2n1. The second kappa shape index (κ2) is 2.65. The van der Waals surface area contributed by atoms with Crippen LogP contribution in [0.1, 0.15) is 0 Å². The molecule has 2 aromatic rings. The van der Waals surface area contributed by atoms with E-state index in [2.05, 4.69) is 9.97 Å². The zero-order chi connectivity index (χ0) is 9.42. The minimum atomic E-state index is 0.693. The fourth-order valence-electron chi connectivity index (χ4n) is 1.26. The van der Waals surface area contributed by atoms with E-state index < -0.39 is 0 Å². The highest BCUT2D eigenvalue weighted by molar-refractivity contribution is 5.88. The molecule has 0 aliphatic heterocycles. The highest BCUT2D eigenvalue weighted by atomic mass is 15.1. The normalized spacial score (nSPS) is 10.6. The minimum absolute atomic E-state index is 0.693. The van der Waals surface area contributed by atoms with E-state index in [1.165, 1.54) is 0 Å². The van der Waals surface area contributed by atoms with Crippen molar-refractivity contribution in [2.45, 2.75) is 0 Å². The van der Waals surface area contributed by atoms with Crippen LogP contribution in [-0.4, -0.2) is 24.1 Å². The van der Waals surface area contributed by atoms with Crippen molar-refractivity contribution in [3.05, 3.63) is 18.3 Å². The average molecular weight is 176 g/mol. The summed E-state index contributed by atoms with van der Waals surface area (Å²) in [6.07, 6.45) is 1.76. The number of nitrogens with zero attached hydrogens (tertiary/aromatic N) is 2. The third kappa shape index (κ3) is 1.20. The van der Waals surface area contributed by atoms with E-state index in [0.29, 0.717) is 5.69 Å². The summed E-state index contributed by atoms with van der Waals surface area (Å²) >= 11 is 0. The molecule has 0 bridgehead atoms. The Labute approximate surface area is 76.4 Å². The van der Waals surface area contributed by atoms with Crippen molar-refractivity contribution in [1.82, 2.24) is 9.97 Å². The number of hydrogen-bond acceptors (Lipinski definition) is 3. The Balaban J connectivity index is 2.66. The molecule has 0 radical (unpaired) electrons. The zero-order valence-corrected chi connectivity index (χ0v) is 7.70. The Morgan fingerprint density at radius 3 is 2.85 bits per heavy atom. The lowest BCUT2D eigenvalue weighted by atomic mass is 10.3. The number of aromatic nitrogens is 2. The van der Waals surface area contributed by atoms with Gasteiger partial charge in [-0.1, -0.05) is 0 Å². The standard InChI is InChI=1S/C9H12N4/c1-13(2)8-4-3-7-9(12-8)6(10)5-11-7/h3-5,11H,10H2,1-2H3. The largest absolute Gasteiger partial charge is 0.396 e. The summed E-state index contributed by atoms with van der Waals surface area (Å²) in [4.78, 5) is 9.40. The van der Waals surface area contributed by atoms with Gasteiger partial charge >= 0.3 is 0 Å². The molecule has 0 fully saturated rings. The first-order valence-electron chi connectivity index (χ1n) is 4.09. The molecule has 0 unspecified atom stereocenters. The fourth-order valence-corrected chi connectivity index (χ4v) is 1.26. The van der Waals surface area contributed by atoms with Crippen LogP contribution in [0.4, 0.5) is 11.5 Å². The van der Waals surface area contributed by atoms with Gasteiger partial charge in [-0.2, -0.15) is 0 Å². The van der Waals surface area contributed by atoms with Gasteiger partial charge in [-0.15, -0.1) is 0 Å². The van der Waals surface area contributed by atoms with Crippen LogP contribution >= 0.6 is 0 Å². The molecule has 0 aliphatic rings. The molecule has 2 rings (SSSR count). The van der Waals surface area contributed by atoms with E-state index in [9.17, 15) is 0 Å². The number of pyridine rings is 1. The van der Waals surface area contributed by atoms with Crippen LogP contribution in [0.15, 0.2) is 18.3 Å². The number of rotatable bonds is 1. The van der Waals surface area contributed by atoms with Gasteiger partial charge < -0.3 is 15.6 Å². The smallest absolute Gasteiger partial charge is 0.128 e. The minimum Gasteiger partial charge on any atom is -0.396 e. The maximum atomic E-state index is 5.73. The Kier molecular flexibility index (Phi) is 1.62. The van der Waals surface area contributed by atoms with Crippen molar-refractivity contribution in [3.63, 3.8) is 0 Å². The molecule has 3 N–H and O–H groups in total. The van der Waals surface area contributed by atoms with E-state index >= 15 is 0 Å². The van der Waals surface area contributed by atoms with Gasteiger partial charge in [0.1, 0.15) is 11.3 Å². The van der Waals surface area contributed by atoms with Gasteiger partial charge in [-0.3, -0.25) is 0 Å². The van der Waals surface area contributed by atoms with Gasteiger partial charge in [0.05, 0.1) is 11.2 Å². The Bertz CT molecular complexity index is 430. The van der Waals surface area contributed by atoms with Crippen molar-refractivity contribution in [2.24, 2.45) is 0 Å². The Morgan fingerprint density at radius 1 is 1.38 bits per heavy atom. The second-order valence-corrected chi connectivity index (χ2v) is 3.20. The van der Waals surface area contributed by atoms with E-state index in [4.69, 9.17) is 5.73 Å². The number of hydrogen-bond donors (Lipinski definition) is 2. The lowest BCUT2D eigenvalue weighted by Crippen LogP contribution is -2.10. The number of anilines is 2. The molecule has 0 aliphatic carbocycles.